The smallest absolute Gasteiger partial charge is 0.0951 e. The maximum Gasteiger partial charge on any atom is 0.0951 e. The number of ether oxygens (including phenoxy) is 1. The Labute approximate surface area is 101 Å². The third-order valence-corrected chi connectivity index (χ3v) is 3.64. The van der Waals surface area contributed by atoms with Crippen LogP contribution in [0.2, 0.25) is 0 Å². The van der Waals surface area contributed by atoms with Gasteiger partial charge in [-0.3, -0.25) is 0 Å². The second-order valence-electron chi connectivity index (χ2n) is 5.64. The number of aromatic nitrogens is 2. The van der Waals surface area contributed by atoms with Gasteiger partial charge in [-0.15, -0.1) is 0 Å². The highest BCUT2D eigenvalue weighted by Crippen LogP contribution is 2.32. The standard InChI is InChI=1S/C13H19N3O/c1-13(7-17-8-13)6-16-9-15-5-12(16)10-2-3-11(14)4-10/h2,5,9,11H,3-4,6-8,14H2,1H3. The Morgan fingerprint density at radius 1 is 1.59 bits per heavy atom. The van der Waals surface area contributed by atoms with Gasteiger partial charge < -0.3 is 15.0 Å². The van der Waals surface area contributed by atoms with Crippen molar-refractivity contribution in [3.8, 4) is 0 Å². The summed E-state index contributed by atoms with van der Waals surface area (Å²) >= 11 is 0. The first-order valence-corrected chi connectivity index (χ1v) is 6.19. The van der Waals surface area contributed by atoms with Crippen molar-refractivity contribution in [2.45, 2.75) is 32.4 Å². The fourth-order valence-corrected chi connectivity index (χ4v) is 2.62. The summed E-state index contributed by atoms with van der Waals surface area (Å²) in [6.45, 7) is 4.94. The number of nitrogens with two attached hydrogens (primary N) is 1. The van der Waals surface area contributed by atoms with Crippen LogP contribution in [0.25, 0.3) is 5.57 Å². The summed E-state index contributed by atoms with van der Waals surface area (Å²) in [5.74, 6) is 0. The van der Waals surface area contributed by atoms with E-state index in [-0.39, 0.29) is 11.5 Å². The molecular weight excluding hydrogens is 214 g/mol. The molecule has 1 aliphatic heterocycles. The van der Waals surface area contributed by atoms with E-state index in [0.29, 0.717) is 0 Å². The van der Waals surface area contributed by atoms with Gasteiger partial charge in [0.2, 0.25) is 0 Å². The molecule has 92 valence electrons. The molecule has 3 rings (SSSR count). The molecular formula is C13H19N3O. The molecule has 2 heterocycles. The van der Waals surface area contributed by atoms with Gasteiger partial charge in [-0.05, 0) is 18.4 Å². The second kappa shape index (κ2) is 3.96. The Morgan fingerprint density at radius 2 is 2.41 bits per heavy atom. The molecule has 2 N–H and O–H groups in total. The lowest BCUT2D eigenvalue weighted by Crippen LogP contribution is -2.43. The Balaban J connectivity index is 1.79. The Bertz CT molecular complexity index is 445. The first-order chi connectivity index (χ1) is 8.16. The van der Waals surface area contributed by atoms with Crippen molar-refractivity contribution >= 4 is 5.57 Å². The summed E-state index contributed by atoms with van der Waals surface area (Å²) in [6, 6.07) is 0.288. The zero-order valence-electron chi connectivity index (χ0n) is 10.2. The van der Waals surface area contributed by atoms with E-state index in [1.807, 2.05) is 12.5 Å². The van der Waals surface area contributed by atoms with Crippen LogP contribution in [0.4, 0.5) is 0 Å². The van der Waals surface area contributed by atoms with E-state index in [9.17, 15) is 0 Å². The topological polar surface area (TPSA) is 53.1 Å². The molecule has 0 saturated carbocycles. The van der Waals surface area contributed by atoms with E-state index in [1.165, 1.54) is 11.3 Å². The van der Waals surface area contributed by atoms with Crippen molar-refractivity contribution in [1.82, 2.24) is 9.55 Å². The van der Waals surface area contributed by atoms with Gasteiger partial charge in [0.05, 0.1) is 31.4 Å². The number of hydrogen-bond acceptors (Lipinski definition) is 3. The molecule has 1 aromatic rings. The number of imidazole rings is 1. The molecule has 2 aliphatic rings. The van der Waals surface area contributed by atoms with Crippen molar-refractivity contribution in [3.63, 3.8) is 0 Å². The average molecular weight is 233 g/mol. The van der Waals surface area contributed by atoms with Crippen LogP contribution in [0.5, 0.6) is 0 Å². The Hall–Kier alpha value is -1.13. The van der Waals surface area contributed by atoms with Crippen molar-refractivity contribution in [1.29, 1.82) is 0 Å². The number of rotatable bonds is 3. The zero-order chi connectivity index (χ0) is 11.9. The van der Waals surface area contributed by atoms with E-state index >= 15 is 0 Å². The number of nitrogens with zero attached hydrogens (tertiary/aromatic N) is 2. The first kappa shape index (κ1) is 11.0. The molecule has 1 unspecified atom stereocenters. The fraction of sp³-hybridized carbons (Fsp3) is 0.615. The SMILES string of the molecule is CC1(Cn2cncc2C2=CCC(N)C2)COC1. The van der Waals surface area contributed by atoms with Gasteiger partial charge in [0.1, 0.15) is 0 Å². The van der Waals surface area contributed by atoms with Gasteiger partial charge in [0.15, 0.2) is 0 Å². The van der Waals surface area contributed by atoms with Crippen LogP contribution >= 0.6 is 0 Å². The molecule has 1 atom stereocenters. The van der Waals surface area contributed by atoms with Crippen LogP contribution in [0, 0.1) is 5.41 Å². The molecule has 4 heteroatoms. The molecule has 17 heavy (non-hydrogen) atoms. The van der Waals surface area contributed by atoms with Gasteiger partial charge in [-0.1, -0.05) is 13.0 Å². The summed E-state index contributed by atoms with van der Waals surface area (Å²) in [5, 5.41) is 0. The summed E-state index contributed by atoms with van der Waals surface area (Å²) in [7, 11) is 0. The predicted octanol–water partition coefficient (Wildman–Crippen LogP) is 1.42. The third-order valence-electron chi connectivity index (χ3n) is 3.64. The maximum absolute atomic E-state index is 5.94. The van der Waals surface area contributed by atoms with E-state index in [1.54, 1.807) is 0 Å². The Morgan fingerprint density at radius 3 is 3.00 bits per heavy atom. The molecule has 1 fully saturated rings. The molecule has 1 aromatic heterocycles. The first-order valence-electron chi connectivity index (χ1n) is 6.19. The maximum atomic E-state index is 5.94. The molecule has 0 bridgehead atoms. The fourth-order valence-electron chi connectivity index (χ4n) is 2.62. The van der Waals surface area contributed by atoms with Crippen LogP contribution in [0.1, 0.15) is 25.5 Å². The zero-order valence-corrected chi connectivity index (χ0v) is 10.2. The minimum atomic E-state index is 0.275. The monoisotopic (exact) mass is 233 g/mol. The van der Waals surface area contributed by atoms with Crippen molar-refractivity contribution in [3.05, 3.63) is 24.3 Å². The van der Waals surface area contributed by atoms with Crippen LogP contribution in [-0.4, -0.2) is 28.8 Å². The van der Waals surface area contributed by atoms with E-state index in [2.05, 4.69) is 22.6 Å². The molecule has 0 aromatic carbocycles. The lowest BCUT2D eigenvalue weighted by molar-refractivity contribution is -0.110. The van der Waals surface area contributed by atoms with E-state index < -0.39 is 0 Å². The van der Waals surface area contributed by atoms with Gasteiger partial charge in [-0.25, -0.2) is 4.98 Å². The predicted molar refractivity (Wildman–Crippen MR) is 66.3 cm³/mol. The quantitative estimate of drug-likeness (QED) is 0.859. The van der Waals surface area contributed by atoms with Crippen LogP contribution in [0.3, 0.4) is 0 Å². The van der Waals surface area contributed by atoms with Gasteiger partial charge in [-0.2, -0.15) is 0 Å². The summed E-state index contributed by atoms with van der Waals surface area (Å²) in [5.41, 5.74) is 8.79. The highest BCUT2D eigenvalue weighted by atomic mass is 16.5. The highest BCUT2D eigenvalue weighted by molar-refractivity contribution is 5.65. The van der Waals surface area contributed by atoms with Crippen molar-refractivity contribution in [2.24, 2.45) is 11.1 Å². The van der Waals surface area contributed by atoms with Gasteiger partial charge >= 0.3 is 0 Å². The minimum absolute atomic E-state index is 0.275. The molecule has 1 saturated heterocycles. The Kier molecular flexibility index (Phi) is 2.56. The van der Waals surface area contributed by atoms with E-state index in [4.69, 9.17) is 10.5 Å². The lowest BCUT2D eigenvalue weighted by Gasteiger charge is -2.38. The van der Waals surface area contributed by atoms with Crippen LogP contribution < -0.4 is 5.73 Å². The minimum Gasteiger partial charge on any atom is -0.380 e. The van der Waals surface area contributed by atoms with E-state index in [0.717, 1.165) is 32.6 Å². The summed E-state index contributed by atoms with van der Waals surface area (Å²) < 4.78 is 7.54. The average Bonchev–Trinajstić information content (AvgIpc) is 2.84. The highest BCUT2D eigenvalue weighted by Gasteiger charge is 2.34. The summed E-state index contributed by atoms with van der Waals surface area (Å²) in [6.07, 6.45) is 8.08. The summed E-state index contributed by atoms with van der Waals surface area (Å²) in [4.78, 5) is 4.27. The largest absolute Gasteiger partial charge is 0.380 e. The molecule has 4 nitrogen and oxygen atoms in total. The molecule has 0 spiro atoms. The van der Waals surface area contributed by atoms with Gasteiger partial charge in [0, 0.05) is 18.0 Å². The molecule has 1 aliphatic carbocycles. The third kappa shape index (κ3) is 2.03. The normalized spacial score (nSPS) is 26.7. The molecule has 0 radical (unpaired) electrons. The lowest BCUT2D eigenvalue weighted by atomic mass is 9.88. The van der Waals surface area contributed by atoms with Crippen molar-refractivity contribution in [2.75, 3.05) is 13.2 Å². The van der Waals surface area contributed by atoms with Crippen LogP contribution in [-0.2, 0) is 11.3 Å². The van der Waals surface area contributed by atoms with Crippen molar-refractivity contribution < 1.29 is 4.74 Å². The van der Waals surface area contributed by atoms with Crippen LogP contribution in [0.15, 0.2) is 18.6 Å². The van der Waals surface area contributed by atoms with Gasteiger partial charge in [0.25, 0.3) is 0 Å². The second-order valence-corrected chi connectivity index (χ2v) is 5.64. The molecule has 0 amide bonds. The number of hydrogen-bond donors (Lipinski definition) is 1.